The van der Waals surface area contributed by atoms with Crippen molar-refractivity contribution in [3.8, 4) is 5.75 Å². The number of carbonyl (C=O) groups is 1. The fourth-order valence-electron chi connectivity index (χ4n) is 4.16. The Morgan fingerprint density at radius 2 is 1.87 bits per heavy atom. The number of carbonyl (C=O) groups excluding carboxylic acids is 1. The minimum atomic E-state index is 0.0525. The lowest BCUT2D eigenvalue weighted by Gasteiger charge is -2.20. The summed E-state index contributed by atoms with van der Waals surface area (Å²) in [5.74, 6) is 0.888. The van der Waals surface area contributed by atoms with Crippen LogP contribution in [0.3, 0.4) is 0 Å². The van der Waals surface area contributed by atoms with Crippen molar-refractivity contribution in [1.29, 1.82) is 0 Å². The molecule has 2 aromatic carbocycles. The molecule has 1 heterocycles. The van der Waals surface area contributed by atoms with E-state index in [1.54, 1.807) is 19.1 Å². The van der Waals surface area contributed by atoms with Crippen LogP contribution in [0.5, 0.6) is 5.75 Å². The van der Waals surface area contributed by atoms with Gasteiger partial charge in [0.2, 0.25) is 0 Å². The summed E-state index contributed by atoms with van der Waals surface area (Å²) in [5.41, 5.74) is 5.92. The van der Waals surface area contributed by atoms with Crippen LogP contribution in [0.2, 0.25) is 0 Å². The number of allylic oxidation sites excluding steroid dienone is 1. The summed E-state index contributed by atoms with van der Waals surface area (Å²) in [6.45, 7) is 1.30. The van der Waals surface area contributed by atoms with E-state index in [9.17, 15) is 4.79 Å². The van der Waals surface area contributed by atoms with E-state index in [4.69, 9.17) is 14.5 Å². The topological polar surface area (TPSA) is 51.7 Å². The molecule has 0 aliphatic heterocycles. The molecule has 0 unspecified atom stereocenters. The Balaban J connectivity index is 1.76. The lowest BCUT2D eigenvalue weighted by atomic mass is 9.99. The van der Waals surface area contributed by atoms with Gasteiger partial charge in [-0.05, 0) is 60.2 Å². The molecule has 31 heavy (non-hydrogen) atoms. The van der Waals surface area contributed by atoms with E-state index in [1.807, 2.05) is 55.6 Å². The number of hydrogen-bond acceptors (Lipinski definition) is 4. The molecule has 0 spiro atoms. The third-order valence-electron chi connectivity index (χ3n) is 5.80. The molecule has 1 aromatic heterocycles. The van der Waals surface area contributed by atoms with Gasteiger partial charge in [-0.1, -0.05) is 30.3 Å². The smallest absolute Gasteiger partial charge is 0.254 e. The first-order chi connectivity index (χ1) is 15.1. The van der Waals surface area contributed by atoms with Crippen LogP contribution < -0.4 is 4.74 Å². The molecule has 0 bridgehead atoms. The van der Waals surface area contributed by atoms with E-state index in [-0.39, 0.29) is 5.91 Å². The van der Waals surface area contributed by atoms with Crippen LogP contribution in [0.1, 0.15) is 40.0 Å². The van der Waals surface area contributed by atoms with Gasteiger partial charge in [0.15, 0.2) is 0 Å². The van der Waals surface area contributed by atoms with E-state index in [1.165, 1.54) is 5.57 Å². The second-order valence-corrected chi connectivity index (χ2v) is 7.85. The first kappa shape index (κ1) is 21.1. The highest BCUT2D eigenvalue weighted by Crippen LogP contribution is 2.38. The highest BCUT2D eigenvalue weighted by Gasteiger charge is 2.28. The molecule has 1 aliphatic rings. The summed E-state index contributed by atoms with van der Waals surface area (Å²) in [6.07, 6.45) is 4.68. The third kappa shape index (κ3) is 4.32. The standard InChI is InChI=1S/C26H28N2O3/c1-28(15-6-16-30-2)26(29)24-21-7-4-5-8-23(21)27-25-19(11-14-22(24)25)17-18-9-12-20(31-3)13-10-18/h4-5,7-10,12-13,17H,6,11,14-16H2,1-3H3/b19-17-. The highest BCUT2D eigenvalue weighted by molar-refractivity contribution is 6.09. The maximum Gasteiger partial charge on any atom is 0.254 e. The molecule has 5 nitrogen and oxygen atoms in total. The predicted octanol–water partition coefficient (Wildman–Crippen LogP) is 4.84. The fourth-order valence-corrected chi connectivity index (χ4v) is 4.16. The van der Waals surface area contributed by atoms with E-state index in [2.05, 4.69) is 6.08 Å². The number of amides is 1. The van der Waals surface area contributed by atoms with E-state index < -0.39 is 0 Å². The Morgan fingerprint density at radius 3 is 2.61 bits per heavy atom. The van der Waals surface area contributed by atoms with Gasteiger partial charge in [-0.2, -0.15) is 0 Å². The lowest BCUT2D eigenvalue weighted by molar-refractivity contribution is 0.0780. The molecule has 160 valence electrons. The van der Waals surface area contributed by atoms with Crippen molar-refractivity contribution < 1.29 is 14.3 Å². The number of rotatable bonds is 7. The quantitative estimate of drug-likeness (QED) is 0.517. The van der Waals surface area contributed by atoms with Crippen molar-refractivity contribution in [2.75, 3.05) is 34.4 Å². The Labute approximate surface area is 183 Å². The van der Waals surface area contributed by atoms with Crippen molar-refractivity contribution in [1.82, 2.24) is 9.88 Å². The number of para-hydroxylation sites is 1. The molecule has 0 fully saturated rings. The Hall–Kier alpha value is -3.18. The van der Waals surface area contributed by atoms with E-state index >= 15 is 0 Å². The fraction of sp³-hybridized carbons (Fsp3) is 0.308. The number of fused-ring (bicyclic) bond motifs is 2. The third-order valence-corrected chi connectivity index (χ3v) is 5.80. The summed E-state index contributed by atoms with van der Waals surface area (Å²) in [4.78, 5) is 20.2. The van der Waals surface area contributed by atoms with Crippen molar-refractivity contribution in [3.05, 3.63) is 70.9 Å². The van der Waals surface area contributed by atoms with Gasteiger partial charge in [-0.25, -0.2) is 4.98 Å². The van der Waals surface area contributed by atoms with E-state index in [0.717, 1.165) is 58.3 Å². The molecule has 3 aromatic rings. The van der Waals surface area contributed by atoms with Crippen LogP contribution in [-0.4, -0.2) is 50.2 Å². The maximum absolute atomic E-state index is 13.5. The number of aromatic nitrogens is 1. The van der Waals surface area contributed by atoms with Crippen molar-refractivity contribution in [2.45, 2.75) is 19.3 Å². The molecular weight excluding hydrogens is 388 g/mol. The molecule has 0 saturated heterocycles. The number of nitrogens with zero attached hydrogens (tertiary/aromatic N) is 2. The Morgan fingerprint density at radius 1 is 1.10 bits per heavy atom. The molecule has 0 N–H and O–H groups in total. The van der Waals surface area contributed by atoms with Gasteiger partial charge < -0.3 is 14.4 Å². The summed E-state index contributed by atoms with van der Waals surface area (Å²) in [7, 11) is 5.21. The SMILES string of the molecule is COCCCN(C)C(=O)c1c2c(nc3ccccc13)/C(=C\c1ccc(OC)cc1)CC2. The molecule has 5 heteroatoms. The van der Waals surface area contributed by atoms with Gasteiger partial charge in [0.05, 0.1) is 23.9 Å². The van der Waals surface area contributed by atoms with Crippen LogP contribution in [-0.2, 0) is 11.2 Å². The van der Waals surface area contributed by atoms with Crippen molar-refractivity contribution in [2.24, 2.45) is 0 Å². The first-order valence-corrected chi connectivity index (χ1v) is 10.6. The molecule has 0 saturated carbocycles. The Bertz CT molecular complexity index is 1120. The zero-order valence-electron chi connectivity index (χ0n) is 18.4. The summed E-state index contributed by atoms with van der Waals surface area (Å²) in [6, 6.07) is 15.9. The van der Waals surface area contributed by atoms with Gasteiger partial charge in [0.25, 0.3) is 5.91 Å². The average Bonchev–Trinajstić information content (AvgIpc) is 3.19. The number of ether oxygens (including phenoxy) is 2. The second-order valence-electron chi connectivity index (χ2n) is 7.85. The van der Waals surface area contributed by atoms with Crippen LogP contribution in [0.4, 0.5) is 0 Å². The van der Waals surface area contributed by atoms with Gasteiger partial charge in [-0.15, -0.1) is 0 Å². The van der Waals surface area contributed by atoms with Gasteiger partial charge in [0, 0.05) is 32.7 Å². The molecule has 0 radical (unpaired) electrons. The number of benzene rings is 2. The minimum absolute atomic E-state index is 0.0525. The molecule has 1 amide bonds. The summed E-state index contributed by atoms with van der Waals surface area (Å²) < 4.78 is 10.4. The molecule has 0 atom stereocenters. The van der Waals surface area contributed by atoms with Crippen LogP contribution in [0.15, 0.2) is 48.5 Å². The second kappa shape index (κ2) is 9.31. The molecular formula is C26H28N2O3. The lowest BCUT2D eigenvalue weighted by Crippen LogP contribution is -2.29. The van der Waals surface area contributed by atoms with Gasteiger partial charge in [-0.3, -0.25) is 4.79 Å². The van der Waals surface area contributed by atoms with Crippen LogP contribution in [0, 0.1) is 0 Å². The van der Waals surface area contributed by atoms with Gasteiger partial charge >= 0.3 is 0 Å². The number of pyridine rings is 1. The zero-order chi connectivity index (χ0) is 21.8. The predicted molar refractivity (Wildman–Crippen MR) is 124 cm³/mol. The van der Waals surface area contributed by atoms with Crippen LogP contribution in [0.25, 0.3) is 22.6 Å². The minimum Gasteiger partial charge on any atom is -0.497 e. The highest BCUT2D eigenvalue weighted by atomic mass is 16.5. The zero-order valence-corrected chi connectivity index (χ0v) is 18.4. The maximum atomic E-state index is 13.5. The van der Waals surface area contributed by atoms with Crippen LogP contribution >= 0.6 is 0 Å². The average molecular weight is 417 g/mol. The summed E-state index contributed by atoms with van der Waals surface area (Å²) in [5, 5.41) is 0.926. The largest absolute Gasteiger partial charge is 0.497 e. The monoisotopic (exact) mass is 416 g/mol. The van der Waals surface area contributed by atoms with Gasteiger partial charge in [0.1, 0.15) is 5.75 Å². The van der Waals surface area contributed by atoms with Crippen molar-refractivity contribution >= 4 is 28.5 Å². The first-order valence-electron chi connectivity index (χ1n) is 10.6. The molecule has 4 rings (SSSR count). The molecule has 1 aliphatic carbocycles. The normalized spacial score (nSPS) is 14.1. The summed E-state index contributed by atoms with van der Waals surface area (Å²) >= 11 is 0. The van der Waals surface area contributed by atoms with E-state index in [0.29, 0.717) is 13.2 Å². The van der Waals surface area contributed by atoms with Crippen molar-refractivity contribution in [3.63, 3.8) is 0 Å². The number of hydrogen-bond donors (Lipinski definition) is 0. The number of methoxy groups -OCH3 is 2. The Kier molecular flexibility index (Phi) is 6.33.